The van der Waals surface area contributed by atoms with Crippen LogP contribution in [0.25, 0.3) is 0 Å². The predicted molar refractivity (Wildman–Crippen MR) is 63.3 cm³/mol. The highest BCUT2D eigenvalue weighted by Gasteiger charge is 2.18. The summed E-state index contributed by atoms with van der Waals surface area (Å²) < 4.78 is 17.9. The Morgan fingerprint density at radius 3 is 2.47 bits per heavy atom. The molecule has 0 heterocycles. The van der Waals surface area contributed by atoms with E-state index in [9.17, 15) is 9.18 Å². The molecule has 7 heteroatoms. The molecule has 0 bridgehead atoms. The van der Waals surface area contributed by atoms with Crippen LogP contribution in [-0.4, -0.2) is 30.8 Å². The monoisotopic (exact) mass is 281 g/mol. The minimum absolute atomic E-state index is 0.0397. The van der Waals surface area contributed by atoms with Gasteiger partial charge in [0, 0.05) is 12.8 Å². The van der Waals surface area contributed by atoms with Crippen LogP contribution in [0.5, 0.6) is 0 Å². The maximum absolute atomic E-state index is 13.1. The summed E-state index contributed by atoms with van der Waals surface area (Å²) in [6.07, 6.45) is 0. The van der Waals surface area contributed by atoms with Crippen LogP contribution >= 0.6 is 23.2 Å². The molecule has 0 saturated heterocycles. The van der Waals surface area contributed by atoms with Crippen LogP contribution in [0.15, 0.2) is 12.1 Å². The van der Waals surface area contributed by atoms with Gasteiger partial charge in [0.15, 0.2) is 5.82 Å². The molecule has 1 unspecified atom stereocenters. The standard InChI is InChI=1S/C10H10Cl2FNO3/c1-17-4-8(10(15)16)14-5-2-6(11)9(13)7(12)3-5/h2-3,8,14H,4H2,1H3,(H,15,16). The number of hydrogen-bond donors (Lipinski definition) is 2. The molecule has 2 N–H and O–H groups in total. The Labute approximate surface area is 107 Å². The Bertz CT molecular complexity index is 405. The van der Waals surface area contributed by atoms with Gasteiger partial charge in [-0.3, -0.25) is 0 Å². The van der Waals surface area contributed by atoms with Crippen molar-refractivity contribution in [1.82, 2.24) is 0 Å². The van der Waals surface area contributed by atoms with Crippen LogP contribution in [0.3, 0.4) is 0 Å². The molecule has 0 amide bonds. The fourth-order valence-electron chi connectivity index (χ4n) is 1.18. The van der Waals surface area contributed by atoms with Crippen molar-refractivity contribution in [2.24, 2.45) is 0 Å². The second-order valence-corrected chi connectivity index (χ2v) is 4.06. The fourth-order valence-corrected chi connectivity index (χ4v) is 1.67. The van der Waals surface area contributed by atoms with E-state index in [-0.39, 0.29) is 16.7 Å². The first kappa shape index (κ1) is 14.0. The van der Waals surface area contributed by atoms with Crippen LogP contribution in [0, 0.1) is 5.82 Å². The van der Waals surface area contributed by atoms with Crippen LogP contribution in [0.1, 0.15) is 0 Å². The first-order valence-corrected chi connectivity index (χ1v) is 5.34. The van der Waals surface area contributed by atoms with Crippen molar-refractivity contribution in [3.05, 3.63) is 28.0 Å². The predicted octanol–water partition coefficient (Wildman–Crippen LogP) is 2.64. The highest BCUT2D eigenvalue weighted by Crippen LogP contribution is 2.27. The molecule has 4 nitrogen and oxygen atoms in total. The molecular weight excluding hydrogens is 272 g/mol. The maximum atomic E-state index is 13.1. The number of carboxylic acids is 1. The number of hydrogen-bond acceptors (Lipinski definition) is 3. The first-order chi connectivity index (χ1) is 7.95. The van der Waals surface area contributed by atoms with Crippen molar-refractivity contribution >= 4 is 34.9 Å². The lowest BCUT2D eigenvalue weighted by Gasteiger charge is -2.15. The van der Waals surface area contributed by atoms with E-state index in [1.807, 2.05) is 0 Å². The molecule has 1 atom stereocenters. The largest absolute Gasteiger partial charge is 0.480 e. The molecule has 0 aliphatic heterocycles. The molecule has 0 saturated carbocycles. The van der Waals surface area contributed by atoms with E-state index >= 15 is 0 Å². The number of methoxy groups -OCH3 is 1. The second kappa shape index (κ2) is 6.05. The van der Waals surface area contributed by atoms with Gasteiger partial charge in [-0.1, -0.05) is 23.2 Å². The third-order valence-corrected chi connectivity index (χ3v) is 2.51. The Balaban J connectivity index is 2.90. The number of rotatable bonds is 5. The molecule has 1 rings (SSSR count). The maximum Gasteiger partial charge on any atom is 0.328 e. The number of carbonyl (C=O) groups is 1. The number of halogens is 3. The molecule has 0 aliphatic carbocycles. The van der Waals surface area contributed by atoms with E-state index in [2.05, 4.69) is 5.32 Å². The molecular formula is C10H10Cl2FNO3. The molecule has 0 fully saturated rings. The van der Waals surface area contributed by atoms with Crippen LogP contribution in [0.4, 0.5) is 10.1 Å². The number of benzene rings is 1. The van der Waals surface area contributed by atoms with Crippen molar-refractivity contribution in [2.75, 3.05) is 19.0 Å². The van der Waals surface area contributed by atoms with Gasteiger partial charge in [-0.15, -0.1) is 0 Å². The molecule has 0 aliphatic rings. The summed E-state index contributed by atoms with van der Waals surface area (Å²) in [5, 5.41) is 11.1. The molecule has 0 spiro atoms. The first-order valence-electron chi connectivity index (χ1n) is 4.58. The van der Waals surface area contributed by atoms with Gasteiger partial charge in [0.1, 0.15) is 6.04 Å². The van der Waals surface area contributed by atoms with Crippen molar-refractivity contribution in [2.45, 2.75) is 6.04 Å². The lowest BCUT2D eigenvalue weighted by Crippen LogP contribution is -2.33. The summed E-state index contributed by atoms with van der Waals surface area (Å²) in [5.74, 6) is -1.83. The highest BCUT2D eigenvalue weighted by atomic mass is 35.5. The summed E-state index contributed by atoms with van der Waals surface area (Å²) >= 11 is 11.2. The minimum atomic E-state index is -1.09. The molecule has 0 radical (unpaired) electrons. The molecule has 17 heavy (non-hydrogen) atoms. The highest BCUT2D eigenvalue weighted by molar-refractivity contribution is 6.35. The van der Waals surface area contributed by atoms with Gasteiger partial charge in [0.25, 0.3) is 0 Å². The zero-order chi connectivity index (χ0) is 13.0. The van der Waals surface area contributed by atoms with Crippen molar-refractivity contribution < 1.29 is 19.0 Å². The van der Waals surface area contributed by atoms with Gasteiger partial charge in [-0.2, -0.15) is 0 Å². The van der Waals surface area contributed by atoms with E-state index in [0.717, 1.165) is 0 Å². The number of ether oxygens (including phenoxy) is 1. The third-order valence-electron chi connectivity index (χ3n) is 1.96. The molecule has 1 aromatic carbocycles. The van der Waals surface area contributed by atoms with Crippen molar-refractivity contribution in [1.29, 1.82) is 0 Å². The van der Waals surface area contributed by atoms with Crippen molar-refractivity contribution in [3.8, 4) is 0 Å². The zero-order valence-electron chi connectivity index (χ0n) is 8.84. The summed E-state index contributed by atoms with van der Waals surface area (Å²) in [7, 11) is 1.38. The Hall–Kier alpha value is -1.04. The van der Waals surface area contributed by atoms with Gasteiger partial charge in [0.05, 0.1) is 16.7 Å². The minimum Gasteiger partial charge on any atom is -0.480 e. The molecule has 0 aromatic heterocycles. The summed E-state index contributed by atoms with van der Waals surface area (Å²) in [5.41, 5.74) is 0.311. The van der Waals surface area contributed by atoms with E-state index in [0.29, 0.717) is 5.69 Å². The average Bonchev–Trinajstić information content (AvgIpc) is 2.25. The SMILES string of the molecule is COCC(Nc1cc(Cl)c(F)c(Cl)c1)C(=O)O. The number of nitrogens with one attached hydrogen (secondary N) is 1. The Kier molecular flexibility index (Phi) is 4.99. The van der Waals surface area contributed by atoms with Crippen LogP contribution < -0.4 is 5.32 Å². The van der Waals surface area contributed by atoms with Crippen LogP contribution in [0.2, 0.25) is 10.0 Å². The Morgan fingerprint density at radius 2 is 2.06 bits per heavy atom. The van der Waals surface area contributed by atoms with Crippen LogP contribution in [-0.2, 0) is 9.53 Å². The van der Waals surface area contributed by atoms with Crippen molar-refractivity contribution in [3.63, 3.8) is 0 Å². The fraction of sp³-hybridized carbons (Fsp3) is 0.300. The van der Waals surface area contributed by atoms with Gasteiger partial charge in [0.2, 0.25) is 0 Å². The summed E-state index contributed by atoms with van der Waals surface area (Å²) in [6.45, 7) is -0.0397. The average molecular weight is 282 g/mol. The molecule has 94 valence electrons. The van der Waals surface area contributed by atoms with Gasteiger partial charge in [-0.25, -0.2) is 9.18 Å². The Morgan fingerprint density at radius 1 is 1.53 bits per heavy atom. The molecule has 1 aromatic rings. The van der Waals surface area contributed by atoms with E-state index in [4.69, 9.17) is 33.0 Å². The van der Waals surface area contributed by atoms with Gasteiger partial charge >= 0.3 is 5.97 Å². The third kappa shape index (κ3) is 3.73. The number of carboxylic acid groups (broad SMARTS) is 1. The van der Waals surface area contributed by atoms with Gasteiger partial charge < -0.3 is 15.2 Å². The van der Waals surface area contributed by atoms with Gasteiger partial charge in [-0.05, 0) is 12.1 Å². The summed E-state index contributed by atoms with van der Waals surface area (Å²) in [4.78, 5) is 10.8. The topological polar surface area (TPSA) is 58.6 Å². The summed E-state index contributed by atoms with van der Waals surface area (Å²) in [6, 6.07) is 1.56. The van der Waals surface area contributed by atoms with E-state index in [1.54, 1.807) is 0 Å². The van der Waals surface area contributed by atoms with E-state index in [1.165, 1.54) is 19.2 Å². The quantitative estimate of drug-likeness (QED) is 0.815. The zero-order valence-corrected chi connectivity index (χ0v) is 10.3. The van der Waals surface area contributed by atoms with E-state index < -0.39 is 17.8 Å². The number of anilines is 1. The number of aliphatic carboxylic acids is 1. The lowest BCUT2D eigenvalue weighted by molar-refractivity contribution is -0.139. The smallest absolute Gasteiger partial charge is 0.328 e. The second-order valence-electron chi connectivity index (χ2n) is 3.24. The normalized spacial score (nSPS) is 12.2. The lowest BCUT2D eigenvalue weighted by atomic mass is 10.2.